The monoisotopic (exact) mass is 280 g/mol. The van der Waals surface area contributed by atoms with Crippen LogP contribution in [0.1, 0.15) is 18.1 Å². The highest BCUT2D eigenvalue weighted by Gasteiger charge is 2.30. The molecule has 0 fully saturated rings. The number of carbonyl (C=O) groups is 1. The summed E-state index contributed by atoms with van der Waals surface area (Å²) in [5, 5.41) is 0. The highest BCUT2D eigenvalue weighted by atomic mass is 79.9. The van der Waals surface area contributed by atoms with Crippen LogP contribution in [0.4, 0.5) is 13.2 Å². The van der Waals surface area contributed by atoms with Crippen molar-refractivity contribution >= 4 is 21.7 Å². The van der Waals surface area contributed by atoms with Crippen LogP contribution in [0.15, 0.2) is 22.7 Å². The van der Waals surface area contributed by atoms with Gasteiger partial charge in [0.05, 0.1) is 5.56 Å². The SMILES string of the molecule is CC(=O)Cc1cc(C(F)(F)F)ccc1Br. The number of alkyl halides is 3. The zero-order valence-corrected chi connectivity index (χ0v) is 9.45. The lowest BCUT2D eigenvalue weighted by molar-refractivity contribution is -0.137. The van der Waals surface area contributed by atoms with Gasteiger partial charge in [-0.1, -0.05) is 15.9 Å². The van der Waals surface area contributed by atoms with Gasteiger partial charge in [0.1, 0.15) is 5.78 Å². The summed E-state index contributed by atoms with van der Waals surface area (Å²) in [5.74, 6) is -0.171. The maximum atomic E-state index is 12.3. The number of hydrogen-bond acceptors (Lipinski definition) is 1. The van der Waals surface area contributed by atoms with Gasteiger partial charge < -0.3 is 0 Å². The molecule has 0 aliphatic rings. The van der Waals surface area contributed by atoms with E-state index in [9.17, 15) is 18.0 Å². The Balaban J connectivity index is 3.11. The van der Waals surface area contributed by atoms with E-state index < -0.39 is 11.7 Å². The van der Waals surface area contributed by atoms with Gasteiger partial charge in [0.25, 0.3) is 0 Å². The van der Waals surface area contributed by atoms with Crippen LogP contribution in [-0.4, -0.2) is 5.78 Å². The summed E-state index contributed by atoms with van der Waals surface area (Å²) in [7, 11) is 0. The van der Waals surface area contributed by atoms with Crippen molar-refractivity contribution in [3.05, 3.63) is 33.8 Å². The number of hydrogen-bond donors (Lipinski definition) is 0. The molecule has 0 heterocycles. The molecule has 0 unspecified atom stereocenters. The molecule has 82 valence electrons. The van der Waals surface area contributed by atoms with E-state index in [4.69, 9.17) is 0 Å². The third-order valence-corrected chi connectivity index (χ3v) is 2.59. The van der Waals surface area contributed by atoms with Crippen molar-refractivity contribution in [1.29, 1.82) is 0 Å². The highest BCUT2D eigenvalue weighted by Crippen LogP contribution is 2.32. The molecule has 1 aromatic rings. The Hall–Kier alpha value is -0.840. The highest BCUT2D eigenvalue weighted by molar-refractivity contribution is 9.10. The number of ketones is 1. The molecule has 0 radical (unpaired) electrons. The lowest BCUT2D eigenvalue weighted by Gasteiger charge is -2.09. The smallest absolute Gasteiger partial charge is 0.300 e. The second-order valence-electron chi connectivity index (χ2n) is 3.18. The normalized spacial score (nSPS) is 11.5. The fourth-order valence-electron chi connectivity index (χ4n) is 1.15. The quantitative estimate of drug-likeness (QED) is 0.809. The second kappa shape index (κ2) is 4.35. The molecule has 0 atom stereocenters. The van der Waals surface area contributed by atoms with E-state index in [1.165, 1.54) is 13.0 Å². The summed E-state index contributed by atoms with van der Waals surface area (Å²) in [4.78, 5) is 10.8. The van der Waals surface area contributed by atoms with Gasteiger partial charge in [-0.3, -0.25) is 4.79 Å². The van der Waals surface area contributed by atoms with Crippen LogP contribution in [0, 0.1) is 0 Å². The number of rotatable bonds is 2. The standard InChI is InChI=1S/C10H8BrF3O/c1-6(15)4-7-5-8(10(12,13)14)2-3-9(7)11/h2-3,5H,4H2,1H3. The van der Waals surface area contributed by atoms with E-state index in [1.807, 2.05) is 0 Å². The molecule has 0 spiro atoms. The summed E-state index contributed by atoms with van der Waals surface area (Å²) < 4.78 is 37.5. The Labute approximate surface area is 93.4 Å². The molecule has 0 saturated carbocycles. The summed E-state index contributed by atoms with van der Waals surface area (Å²) in [5.41, 5.74) is -0.376. The van der Waals surface area contributed by atoms with Gasteiger partial charge in [-0.25, -0.2) is 0 Å². The van der Waals surface area contributed by atoms with Crippen LogP contribution in [0.25, 0.3) is 0 Å². The molecule has 15 heavy (non-hydrogen) atoms. The van der Waals surface area contributed by atoms with Gasteiger partial charge >= 0.3 is 6.18 Å². The predicted octanol–water partition coefficient (Wildman–Crippen LogP) is 3.60. The Morgan fingerprint density at radius 2 is 2.00 bits per heavy atom. The van der Waals surface area contributed by atoms with E-state index in [0.29, 0.717) is 10.0 Å². The molecule has 1 aromatic carbocycles. The van der Waals surface area contributed by atoms with Crippen molar-refractivity contribution in [3.8, 4) is 0 Å². The minimum absolute atomic E-state index is 0.00447. The fourth-order valence-corrected chi connectivity index (χ4v) is 1.54. The van der Waals surface area contributed by atoms with Gasteiger partial charge in [-0.2, -0.15) is 13.2 Å². The molecule has 0 saturated heterocycles. The van der Waals surface area contributed by atoms with Crippen LogP contribution in [0.2, 0.25) is 0 Å². The van der Waals surface area contributed by atoms with Crippen molar-refractivity contribution < 1.29 is 18.0 Å². The minimum Gasteiger partial charge on any atom is -0.300 e. The lowest BCUT2D eigenvalue weighted by atomic mass is 10.1. The number of carbonyl (C=O) groups excluding carboxylic acids is 1. The fraction of sp³-hybridized carbons (Fsp3) is 0.300. The van der Waals surface area contributed by atoms with E-state index in [-0.39, 0.29) is 12.2 Å². The van der Waals surface area contributed by atoms with Gasteiger partial charge in [0.2, 0.25) is 0 Å². The summed E-state index contributed by atoms with van der Waals surface area (Å²) >= 11 is 3.11. The van der Waals surface area contributed by atoms with Gasteiger partial charge in [0, 0.05) is 10.9 Å². The summed E-state index contributed by atoms with van der Waals surface area (Å²) in [6.45, 7) is 1.34. The van der Waals surface area contributed by atoms with Crippen molar-refractivity contribution in [3.63, 3.8) is 0 Å². The maximum absolute atomic E-state index is 12.3. The molecule has 0 aliphatic heterocycles. The van der Waals surface area contributed by atoms with E-state index in [2.05, 4.69) is 15.9 Å². The average molecular weight is 281 g/mol. The third kappa shape index (κ3) is 3.34. The first kappa shape index (κ1) is 12.2. The molecule has 1 nitrogen and oxygen atoms in total. The Bertz CT molecular complexity index is 385. The van der Waals surface area contributed by atoms with Crippen molar-refractivity contribution in [2.75, 3.05) is 0 Å². The minimum atomic E-state index is -4.37. The van der Waals surface area contributed by atoms with Crippen LogP contribution in [0.3, 0.4) is 0 Å². The van der Waals surface area contributed by atoms with Crippen molar-refractivity contribution in [2.24, 2.45) is 0 Å². The molecule has 1 rings (SSSR count). The average Bonchev–Trinajstić information content (AvgIpc) is 2.06. The largest absolute Gasteiger partial charge is 0.416 e. The lowest BCUT2D eigenvalue weighted by Crippen LogP contribution is -2.07. The van der Waals surface area contributed by atoms with E-state index in [0.717, 1.165) is 12.1 Å². The first-order chi connectivity index (χ1) is 6.80. The molecular weight excluding hydrogens is 273 g/mol. The molecule has 0 aliphatic carbocycles. The van der Waals surface area contributed by atoms with Crippen LogP contribution < -0.4 is 0 Å². The summed E-state index contributed by atoms with van der Waals surface area (Å²) in [6, 6.07) is 3.28. The molecule has 5 heteroatoms. The number of benzene rings is 1. The predicted molar refractivity (Wildman–Crippen MR) is 53.5 cm³/mol. The number of Topliss-reactive ketones (excluding diaryl/α,β-unsaturated/α-hetero) is 1. The molecular formula is C10H8BrF3O. The first-order valence-corrected chi connectivity index (χ1v) is 4.95. The zero-order valence-electron chi connectivity index (χ0n) is 7.86. The van der Waals surface area contributed by atoms with Crippen molar-refractivity contribution in [1.82, 2.24) is 0 Å². The Kier molecular flexibility index (Phi) is 3.54. The molecule has 0 amide bonds. The van der Waals surface area contributed by atoms with Gasteiger partial charge in [0.15, 0.2) is 0 Å². The molecule has 0 bridgehead atoms. The topological polar surface area (TPSA) is 17.1 Å². The molecule has 0 aromatic heterocycles. The van der Waals surface area contributed by atoms with Crippen LogP contribution in [0.5, 0.6) is 0 Å². The molecule has 0 N–H and O–H groups in total. The Morgan fingerprint density at radius 1 is 1.40 bits per heavy atom. The second-order valence-corrected chi connectivity index (χ2v) is 4.04. The van der Waals surface area contributed by atoms with Crippen molar-refractivity contribution in [2.45, 2.75) is 19.5 Å². The van der Waals surface area contributed by atoms with Crippen LogP contribution >= 0.6 is 15.9 Å². The van der Waals surface area contributed by atoms with E-state index >= 15 is 0 Å². The summed E-state index contributed by atoms with van der Waals surface area (Å²) in [6.07, 6.45) is -4.36. The maximum Gasteiger partial charge on any atom is 0.416 e. The zero-order chi connectivity index (χ0) is 11.6. The van der Waals surface area contributed by atoms with E-state index in [1.54, 1.807) is 0 Å². The van der Waals surface area contributed by atoms with Gasteiger partial charge in [-0.05, 0) is 30.7 Å². The first-order valence-electron chi connectivity index (χ1n) is 4.16. The van der Waals surface area contributed by atoms with Gasteiger partial charge in [-0.15, -0.1) is 0 Å². The number of halogens is 4. The van der Waals surface area contributed by atoms with Crippen LogP contribution in [-0.2, 0) is 17.4 Å². The Morgan fingerprint density at radius 3 is 2.47 bits per heavy atom. The third-order valence-electron chi connectivity index (χ3n) is 1.81.